The first-order valence-electron chi connectivity index (χ1n) is 10.0. The smallest absolute Gasteiger partial charge is 0.239 e. The van der Waals surface area contributed by atoms with Gasteiger partial charge in [-0.15, -0.1) is 6.58 Å². The van der Waals surface area contributed by atoms with Gasteiger partial charge >= 0.3 is 0 Å². The van der Waals surface area contributed by atoms with E-state index in [4.69, 9.17) is 10.5 Å². The number of nitrogen functional groups attached to an aromatic ring is 1. The molecule has 0 bridgehead atoms. The van der Waals surface area contributed by atoms with Gasteiger partial charge in [-0.05, 0) is 31.0 Å². The quantitative estimate of drug-likeness (QED) is 0.486. The number of anilines is 2. The van der Waals surface area contributed by atoms with E-state index in [0.29, 0.717) is 18.7 Å². The molecular formula is C23H26F2N4O3. The highest BCUT2D eigenvalue weighted by Crippen LogP contribution is 2.28. The van der Waals surface area contributed by atoms with E-state index in [0.717, 1.165) is 12.5 Å². The SMILES string of the molecule is C=CCF.CC/C=C/N1CCC(C(=O)Nc2ccc(Oc3ccnc(N)c3)c(F)c2)C1=O. The molecule has 1 aliphatic heterocycles. The van der Waals surface area contributed by atoms with Gasteiger partial charge in [0.15, 0.2) is 11.6 Å². The molecule has 0 saturated carbocycles. The van der Waals surface area contributed by atoms with Gasteiger partial charge in [-0.3, -0.25) is 9.59 Å². The zero-order chi connectivity index (χ0) is 23.5. The number of alkyl halides is 1. The Labute approximate surface area is 185 Å². The highest BCUT2D eigenvalue weighted by Gasteiger charge is 2.35. The predicted octanol–water partition coefficient (Wildman–Crippen LogP) is 4.45. The zero-order valence-corrected chi connectivity index (χ0v) is 17.8. The predicted molar refractivity (Wildman–Crippen MR) is 119 cm³/mol. The third-order valence-corrected chi connectivity index (χ3v) is 4.37. The van der Waals surface area contributed by atoms with Crippen LogP contribution in [0.25, 0.3) is 0 Å². The summed E-state index contributed by atoms with van der Waals surface area (Å²) < 4.78 is 30.4. The van der Waals surface area contributed by atoms with E-state index in [-0.39, 0.29) is 23.2 Å². The average molecular weight is 444 g/mol. The summed E-state index contributed by atoms with van der Waals surface area (Å²) in [6.07, 6.45) is 7.46. The van der Waals surface area contributed by atoms with Crippen molar-refractivity contribution in [3.05, 3.63) is 67.3 Å². The summed E-state index contributed by atoms with van der Waals surface area (Å²) in [5.74, 6) is -1.55. The van der Waals surface area contributed by atoms with E-state index >= 15 is 0 Å². The first-order valence-corrected chi connectivity index (χ1v) is 10.0. The minimum atomic E-state index is -0.778. The first-order chi connectivity index (χ1) is 15.4. The Balaban J connectivity index is 0.000000837. The minimum Gasteiger partial charge on any atom is -0.454 e. The molecule has 3 N–H and O–H groups in total. The number of likely N-dealkylation sites (tertiary alicyclic amines) is 1. The number of rotatable bonds is 7. The lowest BCUT2D eigenvalue weighted by molar-refractivity contribution is -0.134. The van der Waals surface area contributed by atoms with Crippen LogP contribution in [0.15, 0.2) is 61.5 Å². The van der Waals surface area contributed by atoms with Crippen LogP contribution in [0.3, 0.4) is 0 Å². The fraction of sp³-hybridized carbons (Fsp3) is 0.261. The topological polar surface area (TPSA) is 97.6 Å². The van der Waals surface area contributed by atoms with E-state index in [1.165, 1.54) is 35.4 Å². The maximum absolute atomic E-state index is 14.3. The molecule has 170 valence electrons. The van der Waals surface area contributed by atoms with E-state index in [1.54, 1.807) is 12.3 Å². The van der Waals surface area contributed by atoms with Crippen molar-refractivity contribution in [2.45, 2.75) is 19.8 Å². The van der Waals surface area contributed by atoms with Gasteiger partial charge < -0.3 is 20.7 Å². The lowest BCUT2D eigenvalue weighted by atomic mass is 10.1. The number of nitrogens with two attached hydrogens (primary N) is 1. The Kier molecular flexibility index (Phi) is 9.34. The molecular weight excluding hydrogens is 418 g/mol. The normalized spacial score (nSPS) is 15.3. The van der Waals surface area contributed by atoms with Gasteiger partial charge in [0.25, 0.3) is 0 Å². The molecule has 32 heavy (non-hydrogen) atoms. The van der Waals surface area contributed by atoms with Crippen molar-refractivity contribution in [2.24, 2.45) is 5.92 Å². The highest BCUT2D eigenvalue weighted by molar-refractivity contribution is 6.07. The third kappa shape index (κ3) is 6.90. The van der Waals surface area contributed by atoms with Crippen LogP contribution in [-0.4, -0.2) is 34.9 Å². The minimum absolute atomic E-state index is 0.0172. The Hall–Kier alpha value is -3.75. The fourth-order valence-electron chi connectivity index (χ4n) is 2.84. The summed E-state index contributed by atoms with van der Waals surface area (Å²) in [7, 11) is 0. The van der Waals surface area contributed by atoms with E-state index in [9.17, 15) is 18.4 Å². The molecule has 1 fully saturated rings. The number of ether oxygens (including phenoxy) is 1. The van der Waals surface area contributed by atoms with Gasteiger partial charge in [0.1, 0.15) is 24.2 Å². The molecule has 7 nitrogen and oxygen atoms in total. The van der Waals surface area contributed by atoms with Crippen molar-refractivity contribution in [1.29, 1.82) is 0 Å². The van der Waals surface area contributed by atoms with Crippen molar-refractivity contribution in [3.63, 3.8) is 0 Å². The van der Waals surface area contributed by atoms with Crippen LogP contribution in [0.5, 0.6) is 11.5 Å². The highest BCUT2D eigenvalue weighted by atomic mass is 19.1. The van der Waals surface area contributed by atoms with Crippen LogP contribution in [0.1, 0.15) is 19.8 Å². The average Bonchev–Trinajstić information content (AvgIpc) is 3.14. The first kappa shape index (κ1) is 24.5. The Morgan fingerprint density at radius 1 is 1.41 bits per heavy atom. The zero-order valence-electron chi connectivity index (χ0n) is 17.8. The molecule has 2 aromatic rings. The second-order valence-corrected chi connectivity index (χ2v) is 6.76. The second kappa shape index (κ2) is 12.2. The van der Waals surface area contributed by atoms with Crippen LogP contribution >= 0.6 is 0 Å². The summed E-state index contributed by atoms with van der Waals surface area (Å²) in [6.45, 7) is 5.14. The van der Waals surface area contributed by atoms with E-state index in [1.807, 2.05) is 13.0 Å². The molecule has 0 radical (unpaired) electrons. The lowest BCUT2D eigenvalue weighted by Crippen LogP contribution is -2.30. The maximum Gasteiger partial charge on any atom is 0.239 e. The lowest BCUT2D eigenvalue weighted by Gasteiger charge is -2.13. The van der Waals surface area contributed by atoms with Crippen LogP contribution in [-0.2, 0) is 9.59 Å². The van der Waals surface area contributed by atoms with Crippen LogP contribution in [0.4, 0.5) is 20.3 Å². The molecule has 9 heteroatoms. The van der Waals surface area contributed by atoms with Crippen LogP contribution in [0.2, 0.25) is 0 Å². The van der Waals surface area contributed by atoms with Gasteiger partial charge in [-0.25, -0.2) is 13.8 Å². The number of carbonyl (C=O) groups excluding carboxylic acids is 2. The van der Waals surface area contributed by atoms with Gasteiger partial charge in [0.05, 0.1) is 0 Å². The van der Waals surface area contributed by atoms with Crippen LogP contribution < -0.4 is 15.8 Å². The molecule has 1 aliphatic rings. The Morgan fingerprint density at radius 2 is 2.16 bits per heavy atom. The summed E-state index contributed by atoms with van der Waals surface area (Å²) in [5.41, 5.74) is 5.82. The number of nitrogens with one attached hydrogen (secondary N) is 1. The molecule has 1 aromatic carbocycles. The molecule has 2 heterocycles. The van der Waals surface area contributed by atoms with Gasteiger partial charge in [-0.2, -0.15) is 0 Å². The molecule has 1 aromatic heterocycles. The Bertz CT molecular complexity index is 981. The largest absolute Gasteiger partial charge is 0.454 e. The number of aromatic nitrogens is 1. The maximum atomic E-state index is 14.3. The standard InChI is InChI=1S/C20H21FN4O3.C3H5F/c1-2-3-9-25-10-7-15(20(25)27)19(26)24-13-4-5-17(16(21)11-13)28-14-6-8-23-18(22)12-14;1-2-3-4/h3-6,8-9,11-12,15H,2,7,10H2,1H3,(H2,22,23)(H,24,26);2H,1,3H2/b9-3+;. The van der Waals surface area contributed by atoms with E-state index < -0.39 is 24.3 Å². The third-order valence-electron chi connectivity index (χ3n) is 4.37. The summed E-state index contributed by atoms with van der Waals surface area (Å²) in [4.78, 5) is 30.1. The summed E-state index contributed by atoms with van der Waals surface area (Å²) >= 11 is 0. The number of hydrogen-bond acceptors (Lipinski definition) is 5. The van der Waals surface area contributed by atoms with Crippen molar-refractivity contribution in [3.8, 4) is 11.5 Å². The van der Waals surface area contributed by atoms with Gasteiger partial charge in [0.2, 0.25) is 11.8 Å². The number of allylic oxidation sites excluding steroid dienone is 2. The molecule has 1 saturated heterocycles. The number of amides is 2. The summed E-state index contributed by atoms with van der Waals surface area (Å²) in [6, 6.07) is 7.07. The summed E-state index contributed by atoms with van der Waals surface area (Å²) in [5, 5.41) is 2.60. The van der Waals surface area contributed by atoms with Gasteiger partial charge in [0, 0.05) is 36.8 Å². The van der Waals surface area contributed by atoms with Crippen molar-refractivity contribution in [1.82, 2.24) is 9.88 Å². The number of nitrogens with zero attached hydrogens (tertiary/aromatic N) is 2. The van der Waals surface area contributed by atoms with Crippen molar-refractivity contribution in [2.75, 3.05) is 24.3 Å². The number of halogens is 2. The molecule has 1 unspecified atom stereocenters. The van der Waals surface area contributed by atoms with Crippen molar-refractivity contribution >= 4 is 23.3 Å². The molecule has 0 spiro atoms. The van der Waals surface area contributed by atoms with Crippen LogP contribution in [0, 0.1) is 11.7 Å². The number of carbonyl (C=O) groups is 2. The fourth-order valence-corrected chi connectivity index (χ4v) is 2.84. The number of hydrogen-bond donors (Lipinski definition) is 2. The molecule has 2 amide bonds. The Morgan fingerprint density at radius 3 is 2.78 bits per heavy atom. The molecule has 3 rings (SSSR count). The number of benzene rings is 1. The number of pyridine rings is 1. The molecule has 0 aliphatic carbocycles. The van der Waals surface area contributed by atoms with E-state index in [2.05, 4.69) is 16.9 Å². The second-order valence-electron chi connectivity index (χ2n) is 6.76. The monoisotopic (exact) mass is 444 g/mol. The molecule has 1 atom stereocenters. The van der Waals surface area contributed by atoms with Crippen molar-refractivity contribution < 1.29 is 23.1 Å². The van der Waals surface area contributed by atoms with Gasteiger partial charge in [-0.1, -0.05) is 19.1 Å².